The second-order valence-corrected chi connectivity index (χ2v) is 5.17. The van der Waals surface area contributed by atoms with E-state index in [1.807, 2.05) is 0 Å². The molecule has 0 aliphatic heterocycles. The highest BCUT2D eigenvalue weighted by atomic mass is 35.5. The zero-order chi connectivity index (χ0) is 16.7. The number of nitrogens with one attached hydrogen (secondary N) is 1. The van der Waals surface area contributed by atoms with Gasteiger partial charge >= 0.3 is 5.69 Å². The molecule has 2 rings (SSSR count). The zero-order valence-corrected chi connectivity index (χ0v) is 13.4. The Balaban J connectivity index is 2.16. The van der Waals surface area contributed by atoms with Crippen LogP contribution in [0.4, 0.5) is 5.69 Å². The largest absolute Gasteiger partial charge is 0.449 e. The molecule has 2 aromatic carbocycles. The summed E-state index contributed by atoms with van der Waals surface area (Å²) in [4.78, 5) is 10.8. The minimum Gasteiger partial charge on any atom is -0.449 e. The summed E-state index contributed by atoms with van der Waals surface area (Å²) in [5, 5.41) is 14.8. The van der Waals surface area contributed by atoms with Gasteiger partial charge in [-0.05, 0) is 23.8 Å². The standard InChI is InChI=1S/C16H17ClN2O4/c1-22-9-8-18-11-12-6-7-16(14(10-12)19(20)21)23-15-5-3-2-4-13(15)17/h2-7,10,18H,8-9,11H2,1H3. The number of ether oxygens (including phenoxy) is 2. The molecule has 0 fully saturated rings. The van der Waals surface area contributed by atoms with E-state index in [-0.39, 0.29) is 11.4 Å². The monoisotopic (exact) mass is 336 g/mol. The molecule has 2 aromatic rings. The van der Waals surface area contributed by atoms with Crippen LogP contribution < -0.4 is 10.1 Å². The maximum atomic E-state index is 11.3. The number of nitro benzene ring substituents is 1. The summed E-state index contributed by atoms with van der Waals surface area (Å²) < 4.78 is 10.5. The molecule has 0 heterocycles. The molecule has 6 nitrogen and oxygen atoms in total. The van der Waals surface area contributed by atoms with Gasteiger partial charge in [0.1, 0.15) is 5.75 Å². The number of benzene rings is 2. The maximum Gasteiger partial charge on any atom is 0.311 e. The summed E-state index contributed by atoms with van der Waals surface area (Å²) in [7, 11) is 1.62. The fourth-order valence-corrected chi connectivity index (χ4v) is 2.13. The van der Waals surface area contributed by atoms with E-state index in [2.05, 4.69) is 5.32 Å². The molecule has 0 aliphatic carbocycles. The van der Waals surface area contributed by atoms with Crippen molar-refractivity contribution in [2.24, 2.45) is 0 Å². The lowest BCUT2D eigenvalue weighted by Gasteiger charge is -2.09. The van der Waals surface area contributed by atoms with Crippen molar-refractivity contribution < 1.29 is 14.4 Å². The Morgan fingerprint density at radius 2 is 2.00 bits per heavy atom. The van der Waals surface area contributed by atoms with Crippen LogP contribution in [0.5, 0.6) is 11.5 Å². The Bertz CT molecular complexity index is 679. The van der Waals surface area contributed by atoms with Gasteiger partial charge in [0.05, 0.1) is 16.6 Å². The summed E-state index contributed by atoms with van der Waals surface area (Å²) in [6.45, 7) is 1.76. The number of hydrogen-bond acceptors (Lipinski definition) is 5. The van der Waals surface area contributed by atoms with Crippen molar-refractivity contribution in [1.82, 2.24) is 5.32 Å². The van der Waals surface area contributed by atoms with E-state index in [1.54, 1.807) is 43.5 Å². The summed E-state index contributed by atoms with van der Waals surface area (Å²) in [6.07, 6.45) is 0. The predicted molar refractivity (Wildman–Crippen MR) is 88.2 cm³/mol. The van der Waals surface area contributed by atoms with E-state index in [1.165, 1.54) is 6.07 Å². The molecule has 0 saturated carbocycles. The van der Waals surface area contributed by atoms with E-state index < -0.39 is 4.92 Å². The second kappa shape index (κ2) is 8.47. The molecule has 7 heteroatoms. The molecule has 0 bridgehead atoms. The molecule has 0 aliphatic rings. The fraction of sp³-hybridized carbons (Fsp3) is 0.250. The Kier molecular flexibility index (Phi) is 6.34. The number of halogens is 1. The molecular weight excluding hydrogens is 320 g/mol. The van der Waals surface area contributed by atoms with E-state index in [9.17, 15) is 10.1 Å². The molecule has 1 N–H and O–H groups in total. The van der Waals surface area contributed by atoms with Gasteiger partial charge in [-0.1, -0.05) is 29.8 Å². The van der Waals surface area contributed by atoms with Crippen molar-refractivity contribution in [3.8, 4) is 11.5 Å². The van der Waals surface area contributed by atoms with E-state index >= 15 is 0 Å². The van der Waals surface area contributed by atoms with Crippen molar-refractivity contribution in [3.05, 3.63) is 63.2 Å². The van der Waals surface area contributed by atoms with Gasteiger partial charge in [0, 0.05) is 26.3 Å². The van der Waals surface area contributed by atoms with Gasteiger partial charge in [0.25, 0.3) is 0 Å². The number of rotatable bonds is 8. The van der Waals surface area contributed by atoms with Crippen molar-refractivity contribution in [2.45, 2.75) is 6.54 Å². The van der Waals surface area contributed by atoms with Gasteiger partial charge in [-0.15, -0.1) is 0 Å². The normalized spacial score (nSPS) is 10.5. The Morgan fingerprint density at radius 3 is 2.70 bits per heavy atom. The van der Waals surface area contributed by atoms with Gasteiger partial charge in [0.15, 0.2) is 0 Å². The maximum absolute atomic E-state index is 11.3. The van der Waals surface area contributed by atoms with Gasteiger partial charge in [-0.25, -0.2) is 0 Å². The predicted octanol–water partition coefficient (Wildman–Crippen LogP) is 3.78. The van der Waals surface area contributed by atoms with Crippen LogP contribution in [0.2, 0.25) is 5.02 Å². The third kappa shape index (κ3) is 4.92. The quantitative estimate of drug-likeness (QED) is 0.451. The summed E-state index contributed by atoms with van der Waals surface area (Å²) in [5.41, 5.74) is 0.690. The first-order valence-corrected chi connectivity index (χ1v) is 7.39. The van der Waals surface area contributed by atoms with Gasteiger partial charge < -0.3 is 14.8 Å². The molecule has 0 aromatic heterocycles. The zero-order valence-electron chi connectivity index (χ0n) is 12.6. The van der Waals surface area contributed by atoms with Crippen LogP contribution in [0.1, 0.15) is 5.56 Å². The molecular formula is C16H17ClN2O4. The number of hydrogen-bond donors (Lipinski definition) is 1. The van der Waals surface area contributed by atoms with Crippen molar-refractivity contribution in [2.75, 3.05) is 20.3 Å². The highest BCUT2D eigenvalue weighted by Gasteiger charge is 2.17. The van der Waals surface area contributed by atoms with E-state index in [4.69, 9.17) is 21.1 Å². The third-order valence-corrected chi connectivity index (χ3v) is 3.40. The lowest BCUT2D eigenvalue weighted by atomic mass is 10.2. The average molecular weight is 337 g/mol. The second-order valence-electron chi connectivity index (χ2n) is 4.76. The third-order valence-electron chi connectivity index (χ3n) is 3.09. The number of nitrogens with zero attached hydrogens (tertiary/aromatic N) is 1. The summed E-state index contributed by atoms with van der Waals surface area (Å²) in [6, 6.07) is 11.7. The van der Waals surface area contributed by atoms with Gasteiger partial charge in [0.2, 0.25) is 5.75 Å². The minimum atomic E-state index is -0.467. The van der Waals surface area contributed by atoms with Crippen molar-refractivity contribution in [1.29, 1.82) is 0 Å². The first-order valence-electron chi connectivity index (χ1n) is 7.01. The van der Waals surface area contributed by atoms with Crippen molar-refractivity contribution >= 4 is 17.3 Å². The molecule has 0 unspecified atom stereocenters. The summed E-state index contributed by atoms with van der Waals surface area (Å²) in [5.74, 6) is 0.534. The molecule has 0 spiro atoms. The highest BCUT2D eigenvalue weighted by Crippen LogP contribution is 2.35. The van der Waals surface area contributed by atoms with Crippen LogP contribution in [-0.2, 0) is 11.3 Å². The first kappa shape index (κ1) is 17.2. The lowest BCUT2D eigenvalue weighted by Crippen LogP contribution is -2.18. The smallest absolute Gasteiger partial charge is 0.311 e. The number of nitro groups is 1. The topological polar surface area (TPSA) is 73.6 Å². The Hall–Kier alpha value is -2.15. The number of para-hydroxylation sites is 1. The molecule has 122 valence electrons. The number of methoxy groups -OCH3 is 1. The first-order chi connectivity index (χ1) is 11.1. The molecule has 0 radical (unpaired) electrons. The summed E-state index contributed by atoms with van der Waals surface area (Å²) >= 11 is 6.02. The van der Waals surface area contributed by atoms with E-state index in [0.29, 0.717) is 30.5 Å². The minimum absolute atomic E-state index is 0.101. The Morgan fingerprint density at radius 1 is 1.22 bits per heavy atom. The average Bonchev–Trinajstić information content (AvgIpc) is 2.54. The highest BCUT2D eigenvalue weighted by molar-refractivity contribution is 6.32. The molecule has 0 atom stereocenters. The SMILES string of the molecule is COCCNCc1ccc(Oc2ccccc2Cl)c([N+](=O)[O-])c1. The van der Waals surface area contributed by atoms with Crippen LogP contribution in [0.3, 0.4) is 0 Å². The van der Waals surface area contributed by atoms with Crippen LogP contribution in [-0.4, -0.2) is 25.2 Å². The van der Waals surface area contributed by atoms with Crippen LogP contribution in [0.15, 0.2) is 42.5 Å². The van der Waals surface area contributed by atoms with Gasteiger partial charge in [-0.2, -0.15) is 0 Å². The fourth-order valence-electron chi connectivity index (χ4n) is 1.95. The van der Waals surface area contributed by atoms with Crippen molar-refractivity contribution in [3.63, 3.8) is 0 Å². The van der Waals surface area contributed by atoms with E-state index in [0.717, 1.165) is 5.56 Å². The van der Waals surface area contributed by atoms with Crippen LogP contribution in [0, 0.1) is 10.1 Å². The van der Waals surface area contributed by atoms with Crippen LogP contribution >= 0.6 is 11.6 Å². The Labute approximate surface area is 139 Å². The molecule has 23 heavy (non-hydrogen) atoms. The van der Waals surface area contributed by atoms with Crippen LogP contribution in [0.25, 0.3) is 0 Å². The molecule has 0 saturated heterocycles. The van der Waals surface area contributed by atoms with Gasteiger partial charge in [-0.3, -0.25) is 10.1 Å². The molecule has 0 amide bonds. The lowest BCUT2D eigenvalue weighted by molar-refractivity contribution is -0.385.